The fourth-order valence-electron chi connectivity index (χ4n) is 4.61. The number of carbonyl (C=O) groups is 2. The Kier molecular flexibility index (Phi) is 8.02. The van der Waals surface area contributed by atoms with Crippen molar-refractivity contribution < 1.29 is 28.9 Å². The number of anilines is 1. The summed E-state index contributed by atoms with van der Waals surface area (Å²) < 4.78 is 17.6. The van der Waals surface area contributed by atoms with Gasteiger partial charge in [0.2, 0.25) is 0 Å². The quantitative estimate of drug-likeness (QED) is 0.103. The lowest BCUT2D eigenvalue weighted by Gasteiger charge is -2.23. The summed E-state index contributed by atoms with van der Waals surface area (Å²) in [7, 11) is 1.55. The molecule has 2 heterocycles. The van der Waals surface area contributed by atoms with Crippen LogP contribution in [0.15, 0.2) is 72.3 Å². The van der Waals surface area contributed by atoms with E-state index in [2.05, 4.69) is 6.92 Å². The number of methoxy groups -OCH3 is 1. The number of fused-ring (bicyclic) bond motifs is 1. The lowest BCUT2D eigenvalue weighted by molar-refractivity contribution is -0.132. The molecule has 4 aromatic rings. The number of hydrogen-bond acceptors (Lipinski definition) is 8. The fourth-order valence-corrected chi connectivity index (χ4v) is 5.63. The molecule has 0 saturated carbocycles. The van der Waals surface area contributed by atoms with Gasteiger partial charge in [-0.2, -0.15) is 0 Å². The Hall–Kier alpha value is -4.37. The number of benzene rings is 3. The van der Waals surface area contributed by atoms with E-state index in [1.165, 1.54) is 16.2 Å². The number of carbonyl (C=O) groups excluding carboxylic acids is 2. The minimum Gasteiger partial charge on any atom is -0.507 e. The number of unbranched alkanes of at least 4 members (excludes halogenated alkanes) is 1. The SMILES string of the molecule is CCCCOc1cccc(C2C(=C(O)c3ccc(OC)cc3)C(=O)C(=O)N2c2nc3ccc(OCC)cc3s2)c1. The molecule has 1 fully saturated rings. The summed E-state index contributed by atoms with van der Waals surface area (Å²) >= 11 is 1.28. The monoisotopic (exact) mass is 558 g/mol. The molecule has 1 aromatic heterocycles. The van der Waals surface area contributed by atoms with E-state index in [1.807, 2.05) is 43.3 Å². The highest BCUT2D eigenvalue weighted by atomic mass is 32.1. The minimum atomic E-state index is -0.913. The number of thiazole rings is 1. The molecule has 1 aliphatic heterocycles. The second kappa shape index (κ2) is 11.8. The molecule has 206 valence electrons. The van der Waals surface area contributed by atoms with Crippen molar-refractivity contribution >= 4 is 44.1 Å². The van der Waals surface area contributed by atoms with Gasteiger partial charge in [-0.25, -0.2) is 4.98 Å². The average molecular weight is 559 g/mol. The third kappa shape index (κ3) is 5.24. The van der Waals surface area contributed by atoms with Crippen molar-refractivity contribution in [2.75, 3.05) is 25.2 Å². The van der Waals surface area contributed by atoms with Crippen LogP contribution in [-0.4, -0.2) is 42.1 Å². The van der Waals surface area contributed by atoms with E-state index in [-0.39, 0.29) is 11.3 Å². The number of ether oxygens (including phenoxy) is 3. The predicted octanol–water partition coefficient (Wildman–Crippen LogP) is 6.51. The van der Waals surface area contributed by atoms with Gasteiger partial charge >= 0.3 is 5.91 Å². The van der Waals surface area contributed by atoms with Crippen LogP contribution in [0.1, 0.15) is 43.9 Å². The number of aromatic nitrogens is 1. The molecule has 1 atom stereocenters. The molecule has 0 bridgehead atoms. The molecule has 8 nitrogen and oxygen atoms in total. The van der Waals surface area contributed by atoms with Gasteiger partial charge in [-0.3, -0.25) is 14.5 Å². The van der Waals surface area contributed by atoms with Gasteiger partial charge in [-0.1, -0.05) is 36.8 Å². The molecule has 1 amide bonds. The predicted molar refractivity (Wildman–Crippen MR) is 155 cm³/mol. The van der Waals surface area contributed by atoms with E-state index in [1.54, 1.807) is 37.4 Å². The van der Waals surface area contributed by atoms with Crippen molar-refractivity contribution in [2.24, 2.45) is 0 Å². The summed E-state index contributed by atoms with van der Waals surface area (Å²) in [5.74, 6) is 0.0927. The van der Waals surface area contributed by atoms with E-state index in [0.29, 0.717) is 52.2 Å². The van der Waals surface area contributed by atoms with Crippen LogP contribution < -0.4 is 19.1 Å². The Morgan fingerprint density at radius 2 is 1.73 bits per heavy atom. The number of rotatable bonds is 10. The van der Waals surface area contributed by atoms with Crippen molar-refractivity contribution in [1.82, 2.24) is 4.98 Å². The first kappa shape index (κ1) is 27.2. The third-order valence-corrected chi connectivity index (χ3v) is 7.63. The van der Waals surface area contributed by atoms with Gasteiger partial charge in [-0.05, 0) is 73.5 Å². The summed E-state index contributed by atoms with van der Waals surface area (Å²) in [6.07, 6.45) is 1.89. The number of aliphatic hydroxyl groups is 1. The molecule has 40 heavy (non-hydrogen) atoms. The number of hydrogen-bond donors (Lipinski definition) is 1. The summed E-state index contributed by atoms with van der Waals surface area (Å²) in [5, 5.41) is 11.8. The third-order valence-electron chi connectivity index (χ3n) is 6.61. The van der Waals surface area contributed by atoms with Gasteiger partial charge in [0, 0.05) is 5.56 Å². The van der Waals surface area contributed by atoms with Crippen LogP contribution in [0.2, 0.25) is 0 Å². The van der Waals surface area contributed by atoms with Gasteiger partial charge in [-0.15, -0.1) is 0 Å². The zero-order valence-corrected chi connectivity index (χ0v) is 23.4. The van der Waals surface area contributed by atoms with Crippen LogP contribution in [0, 0.1) is 0 Å². The lowest BCUT2D eigenvalue weighted by Crippen LogP contribution is -2.29. The Morgan fingerprint density at radius 3 is 2.45 bits per heavy atom. The minimum absolute atomic E-state index is 0.0184. The molecule has 5 rings (SSSR count). The molecular weight excluding hydrogens is 528 g/mol. The fraction of sp³-hybridized carbons (Fsp3) is 0.258. The second-order valence-electron chi connectivity index (χ2n) is 9.23. The maximum atomic E-state index is 13.6. The summed E-state index contributed by atoms with van der Waals surface area (Å²) in [4.78, 5) is 33.2. The summed E-state index contributed by atoms with van der Waals surface area (Å²) in [6.45, 7) is 5.06. The van der Waals surface area contributed by atoms with Crippen LogP contribution in [0.3, 0.4) is 0 Å². The lowest BCUT2D eigenvalue weighted by atomic mass is 9.95. The van der Waals surface area contributed by atoms with Gasteiger partial charge in [0.15, 0.2) is 5.13 Å². The average Bonchev–Trinajstić information content (AvgIpc) is 3.50. The summed E-state index contributed by atoms with van der Waals surface area (Å²) in [5.41, 5.74) is 1.67. The molecule has 0 spiro atoms. The molecule has 1 unspecified atom stereocenters. The molecule has 9 heteroatoms. The van der Waals surface area contributed by atoms with Gasteiger partial charge < -0.3 is 19.3 Å². The number of aliphatic hydroxyl groups excluding tert-OH is 1. The van der Waals surface area contributed by atoms with E-state index >= 15 is 0 Å². The molecule has 1 aliphatic rings. The van der Waals surface area contributed by atoms with Gasteiger partial charge in [0.1, 0.15) is 23.0 Å². The normalized spacial score (nSPS) is 16.5. The topological polar surface area (TPSA) is 98.2 Å². The van der Waals surface area contributed by atoms with E-state index in [0.717, 1.165) is 17.5 Å². The molecule has 1 N–H and O–H groups in total. The van der Waals surface area contributed by atoms with Crippen LogP contribution in [-0.2, 0) is 9.59 Å². The van der Waals surface area contributed by atoms with Crippen molar-refractivity contribution in [2.45, 2.75) is 32.7 Å². The van der Waals surface area contributed by atoms with Crippen LogP contribution >= 0.6 is 11.3 Å². The highest BCUT2D eigenvalue weighted by Crippen LogP contribution is 2.45. The standard InChI is InChI=1S/C31H30N2O6S/c1-4-6-16-39-22-9-7-8-20(17-22)27-26(28(34)19-10-12-21(37-3)13-11-19)29(35)30(36)33(27)31-32-24-15-14-23(38-5-2)18-25(24)40-31/h7-15,17-18,27,34H,4-6,16H2,1-3H3. The van der Waals surface area contributed by atoms with E-state index in [9.17, 15) is 14.7 Å². The van der Waals surface area contributed by atoms with Gasteiger partial charge in [0.05, 0.1) is 42.2 Å². The molecule has 0 aliphatic carbocycles. The second-order valence-corrected chi connectivity index (χ2v) is 10.2. The smallest absolute Gasteiger partial charge is 0.301 e. The zero-order valence-electron chi connectivity index (χ0n) is 22.5. The van der Waals surface area contributed by atoms with Crippen molar-refractivity contribution in [3.63, 3.8) is 0 Å². The molecular formula is C31H30N2O6S. The maximum absolute atomic E-state index is 13.6. The Labute approximate surface area is 236 Å². The van der Waals surface area contributed by atoms with Crippen LogP contribution in [0.5, 0.6) is 17.2 Å². The highest BCUT2D eigenvalue weighted by molar-refractivity contribution is 7.22. The van der Waals surface area contributed by atoms with Gasteiger partial charge in [0.25, 0.3) is 5.78 Å². The van der Waals surface area contributed by atoms with Crippen molar-refractivity contribution in [3.05, 3.63) is 83.4 Å². The zero-order chi connectivity index (χ0) is 28.2. The number of ketones is 1. The molecule has 0 radical (unpaired) electrons. The number of nitrogens with zero attached hydrogens (tertiary/aromatic N) is 2. The maximum Gasteiger partial charge on any atom is 0.301 e. The number of amides is 1. The highest BCUT2D eigenvalue weighted by Gasteiger charge is 2.48. The van der Waals surface area contributed by atoms with Crippen molar-refractivity contribution in [1.29, 1.82) is 0 Å². The summed E-state index contributed by atoms with van der Waals surface area (Å²) in [6, 6.07) is 18.5. The Balaban J connectivity index is 1.65. The Bertz CT molecular complexity index is 1580. The molecule has 1 saturated heterocycles. The molecule has 3 aromatic carbocycles. The van der Waals surface area contributed by atoms with E-state index < -0.39 is 17.7 Å². The van der Waals surface area contributed by atoms with E-state index in [4.69, 9.17) is 19.2 Å². The van der Waals surface area contributed by atoms with Crippen molar-refractivity contribution in [3.8, 4) is 17.2 Å². The van der Waals surface area contributed by atoms with Crippen LogP contribution in [0.4, 0.5) is 5.13 Å². The Morgan fingerprint density at radius 1 is 0.975 bits per heavy atom. The largest absolute Gasteiger partial charge is 0.507 e. The first-order chi connectivity index (χ1) is 19.4. The first-order valence-electron chi connectivity index (χ1n) is 13.2. The number of Topliss-reactive ketones (excluding diaryl/α,β-unsaturated/α-hetero) is 1. The van der Waals surface area contributed by atoms with Crippen LogP contribution in [0.25, 0.3) is 16.0 Å². The first-order valence-corrected chi connectivity index (χ1v) is 14.0.